The highest BCUT2D eigenvalue weighted by Gasteiger charge is 2.13. The number of aromatic amines is 1. The second-order valence-electron chi connectivity index (χ2n) is 5.29. The Bertz CT molecular complexity index is 1030. The molecule has 0 spiro atoms. The molecule has 3 aromatic rings. The quantitative estimate of drug-likeness (QED) is 0.663. The zero-order valence-electron chi connectivity index (χ0n) is 12.6. The molecular weight excluding hydrogens is 350 g/mol. The number of para-hydroxylation sites is 2. The van der Waals surface area contributed by atoms with Crippen LogP contribution in [0.2, 0.25) is 5.02 Å². The highest BCUT2D eigenvalue weighted by molar-refractivity contribution is 7.92. The van der Waals surface area contributed by atoms with Crippen LogP contribution in [0.3, 0.4) is 0 Å². The van der Waals surface area contributed by atoms with Crippen molar-refractivity contribution in [3.05, 3.63) is 59.2 Å². The molecule has 0 aliphatic heterocycles. The Morgan fingerprint density at radius 1 is 1.08 bits per heavy atom. The van der Waals surface area contributed by atoms with Crippen LogP contribution in [0, 0.1) is 0 Å². The van der Waals surface area contributed by atoms with Gasteiger partial charge in [0, 0.05) is 15.9 Å². The lowest BCUT2D eigenvalue weighted by Gasteiger charge is -2.11. The molecule has 0 radical (unpaired) electrons. The van der Waals surface area contributed by atoms with Crippen LogP contribution in [-0.2, 0) is 10.0 Å². The van der Waals surface area contributed by atoms with Crippen molar-refractivity contribution in [2.45, 2.75) is 0 Å². The predicted molar refractivity (Wildman–Crippen MR) is 96.2 cm³/mol. The molecule has 1 heterocycles. The SMILES string of the molecule is CS(=O)(=O)Nc1ccccc1NC(=O)c1cc2cc(Cl)ccc2[nH]1. The van der Waals surface area contributed by atoms with E-state index in [1.807, 2.05) is 0 Å². The van der Waals surface area contributed by atoms with Crippen molar-refractivity contribution in [2.24, 2.45) is 0 Å². The summed E-state index contributed by atoms with van der Waals surface area (Å²) in [5, 5.41) is 4.09. The highest BCUT2D eigenvalue weighted by atomic mass is 35.5. The Labute approximate surface area is 143 Å². The Kier molecular flexibility index (Phi) is 4.21. The standard InChI is InChI=1S/C16H14ClN3O3S/c1-24(22,23)20-14-5-3-2-4-13(14)19-16(21)15-9-10-8-11(17)6-7-12(10)18-15/h2-9,18,20H,1H3,(H,19,21). The second kappa shape index (κ2) is 6.18. The van der Waals surface area contributed by atoms with Gasteiger partial charge in [-0.05, 0) is 36.4 Å². The van der Waals surface area contributed by atoms with Crippen LogP contribution >= 0.6 is 11.6 Å². The van der Waals surface area contributed by atoms with Gasteiger partial charge in [0.1, 0.15) is 5.69 Å². The molecule has 0 unspecified atom stereocenters. The van der Waals surface area contributed by atoms with Crippen molar-refractivity contribution < 1.29 is 13.2 Å². The van der Waals surface area contributed by atoms with Gasteiger partial charge in [0.05, 0.1) is 17.6 Å². The molecule has 0 saturated heterocycles. The molecule has 8 heteroatoms. The van der Waals surface area contributed by atoms with Crippen LogP contribution in [0.4, 0.5) is 11.4 Å². The zero-order valence-corrected chi connectivity index (χ0v) is 14.2. The van der Waals surface area contributed by atoms with Crippen LogP contribution in [0.1, 0.15) is 10.5 Å². The van der Waals surface area contributed by atoms with Gasteiger partial charge >= 0.3 is 0 Å². The number of rotatable bonds is 4. The molecule has 1 aromatic heterocycles. The molecule has 0 saturated carbocycles. The lowest BCUT2D eigenvalue weighted by molar-refractivity contribution is 0.102. The Hall–Kier alpha value is -2.51. The number of H-pyrrole nitrogens is 1. The monoisotopic (exact) mass is 363 g/mol. The molecule has 124 valence electrons. The van der Waals surface area contributed by atoms with Crippen molar-refractivity contribution in [2.75, 3.05) is 16.3 Å². The van der Waals surface area contributed by atoms with E-state index in [9.17, 15) is 13.2 Å². The van der Waals surface area contributed by atoms with Crippen LogP contribution in [0.25, 0.3) is 10.9 Å². The second-order valence-corrected chi connectivity index (χ2v) is 7.47. The van der Waals surface area contributed by atoms with E-state index in [1.165, 1.54) is 0 Å². The first kappa shape index (κ1) is 16.4. The summed E-state index contributed by atoms with van der Waals surface area (Å²) < 4.78 is 25.2. The first-order chi connectivity index (χ1) is 11.3. The van der Waals surface area contributed by atoms with Crippen LogP contribution in [-0.4, -0.2) is 25.6 Å². The van der Waals surface area contributed by atoms with Crippen molar-refractivity contribution in [3.63, 3.8) is 0 Å². The van der Waals surface area contributed by atoms with Crippen molar-refractivity contribution in [1.29, 1.82) is 0 Å². The summed E-state index contributed by atoms with van der Waals surface area (Å²) in [5.41, 5.74) is 1.80. The smallest absolute Gasteiger partial charge is 0.272 e. The van der Waals surface area contributed by atoms with Crippen LogP contribution < -0.4 is 10.0 Å². The summed E-state index contributed by atoms with van der Waals surface area (Å²) in [6.07, 6.45) is 1.05. The Morgan fingerprint density at radius 2 is 1.79 bits per heavy atom. The number of fused-ring (bicyclic) bond motifs is 1. The average Bonchev–Trinajstić information content (AvgIpc) is 2.91. The largest absolute Gasteiger partial charge is 0.351 e. The summed E-state index contributed by atoms with van der Waals surface area (Å²) in [4.78, 5) is 15.4. The molecule has 0 bridgehead atoms. The van der Waals surface area contributed by atoms with E-state index in [2.05, 4.69) is 15.0 Å². The molecule has 0 aliphatic carbocycles. The number of hydrogen-bond acceptors (Lipinski definition) is 3. The molecule has 24 heavy (non-hydrogen) atoms. The number of aromatic nitrogens is 1. The van der Waals surface area contributed by atoms with Gasteiger partial charge in [-0.2, -0.15) is 0 Å². The summed E-state index contributed by atoms with van der Waals surface area (Å²) in [6, 6.07) is 13.5. The van der Waals surface area contributed by atoms with Gasteiger partial charge in [-0.1, -0.05) is 23.7 Å². The normalized spacial score (nSPS) is 11.4. The third-order valence-corrected chi connectivity index (χ3v) is 4.12. The van der Waals surface area contributed by atoms with Gasteiger partial charge in [0.25, 0.3) is 5.91 Å². The predicted octanol–water partition coefficient (Wildman–Crippen LogP) is 3.45. The molecule has 3 N–H and O–H groups in total. The van der Waals surface area contributed by atoms with Crippen molar-refractivity contribution >= 4 is 49.8 Å². The topological polar surface area (TPSA) is 91.1 Å². The fraction of sp³-hybridized carbons (Fsp3) is 0.0625. The molecule has 6 nitrogen and oxygen atoms in total. The Balaban J connectivity index is 1.89. The van der Waals surface area contributed by atoms with Crippen molar-refractivity contribution in [1.82, 2.24) is 4.98 Å². The number of carbonyl (C=O) groups is 1. The number of halogens is 1. The van der Waals surface area contributed by atoms with E-state index < -0.39 is 10.0 Å². The minimum absolute atomic E-state index is 0.299. The minimum Gasteiger partial charge on any atom is -0.351 e. The first-order valence-corrected chi connectivity index (χ1v) is 9.25. The first-order valence-electron chi connectivity index (χ1n) is 6.98. The molecule has 0 fully saturated rings. The van der Waals surface area contributed by atoms with E-state index in [0.717, 1.165) is 17.2 Å². The van der Waals surface area contributed by atoms with E-state index in [1.54, 1.807) is 48.5 Å². The van der Waals surface area contributed by atoms with Gasteiger partial charge < -0.3 is 10.3 Å². The maximum absolute atomic E-state index is 12.4. The number of hydrogen-bond donors (Lipinski definition) is 3. The maximum Gasteiger partial charge on any atom is 0.272 e. The van der Waals surface area contributed by atoms with E-state index in [0.29, 0.717) is 22.1 Å². The number of amides is 1. The third kappa shape index (κ3) is 3.69. The molecule has 2 aromatic carbocycles. The highest BCUT2D eigenvalue weighted by Crippen LogP contribution is 2.24. The number of nitrogens with one attached hydrogen (secondary N) is 3. The summed E-state index contributed by atoms with van der Waals surface area (Å²) in [6.45, 7) is 0. The molecule has 3 rings (SSSR count). The van der Waals surface area contributed by atoms with E-state index in [-0.39, 0.29) is 5.91 Å². The van der Waals surface area contributed by atoms with Gasteiger partial charge in [-0.25, -0.2) is 8.42 Å². The molecule has 1 amide bonds. The van der Waals surface area contributed by atoms with E-state index in [4.69, 9.17) is 11.6 Å². The van der Waals surface area contributed by atoms with Gasteiger partial charge in [-0.15, -0.1) is 0 Å². The summed E-state index contributed by atoms with van der Waals surface area (Å²) in [5.74, 6) is -0.384. The lowest BCUT2D eigenvalue weighted by Crippen LogP contribution is -2.16. The lowest BCUT2D eigenvalue weighted by atomic mass is 10.2. The van der Waals surface area contributed by atoms with E-state index >= 15 is 0 Å². The molecular formula is C16H14ClN3O3S. The minimum atomic E-state index is -3.45. The average molecular weight is 364 g/mol. The number of sulfonamides is 1. The fourth-order valence-corrected chi connectivity index (χ4v) is 3.05. The fourth-order valence-electron chi connectivity index (χ4n) is 2.30. The number of anilines is 2. The third-order valence-electron chi connectivity index (χ3n) is 3.30. The summed E-state index contributed by atoms with van der Waals surface area (Å²) in [7, 11) is -3.45. The maximum atomic E-state index is 12.4. The Morgan fingerprint density at radius 3 is 2.50 bits per heavy atom. The van der Waals surface area contributed by atoms with Crippen LogP contribution in [0.5, 0.6) is 0 Å². The number of carbonyl (C=O) groups excluding carboxylic acids is 1. The van der Waals surface area contributed by atoms with Gasteiger partial charge in [0.15, 0.2) is 0 Å². The molecule has 0 aliphatic rings. The number of benzene rings is 2. The summed E-state index contributed by atoms with van der Waals surface area (Å²) >= 11 is 5.94. The van der Waals surface area contributed by atoms with Crippen LogP contribution in [0.15, 0.2) is 48.5 Å². The molecule has 0 atom stereocenters. The zero-order chi connectivity index (χ0) is 17.3. The van der Waals surface area contributed by atoms with Gasteiger partial charge in [-0.3, -0.25) is 9.52 Å². The van der Waals surface area contributed by atoms with Gasteiger partial charge in [0.2, 0.25) is 10.0 Å². The van der Waals surface area contributed by atoms with Crippen molar-refractivity contribution in [3.8, 4) is 0 Å².